The van der Waals surface area contributed by atoms with Crippen LogP contribution in [0.15, 0.2) is 48.5 Å². The summed E-state index contributed by atoms with van der Waals surface area (Å²) in [5, 5.41) is 7.04. The molecule has 6 heteroatoms. The minimum atomic E-state index is 0. The molecule has 1 aliphatic heterocycles. The lowest BCUT2D eigenvalue weighted by atomic mass is 10.1. The molecule has 1 fully saturated rings. The Hall–Kier alpha value is -2.44. The van der Waals surface area contributed by atoms with Crippen LogP contribution in [0.2, 0.25) is 0 Å². The molecule has 0 radical (unpaired) electrons. The van der Waals surface area contributed by atoms with E-state index in [9.17, 15) is 0 Å². The van der Waals surface area contributed by atoms with Crippen molar-refractivity contribution in [3.8, 4) is 0 Å². The molecule has 0 aromatic heterocycles. The highest BCUT2D eigenvalue weighted by Gasteiger charge is 2.31. The zero-order valence-electron chi connectivity index (χ0n) is 20.2. The molecule has 0 saturated carbocycles. The van der Waals surface area contributed by atoms with Crippen LogP contribution in [0.4, 0.5) is 22.7 Å². The number of rotatable bonds is 12. The summed E-state index contributed by atoms with van der Waals surface area (Å²) >= 11 is 0. The van der Waals surface area contributed by atoms with E-state index in [-0.39, 0.29) is 7.43 Å². The number of nitrogens with one attached hydrogen (secondary N) is 2. The van der Waals surface area contributed by atoms with Gasteiger partial charge in [-0.25, -0.2) is 0 Å². The van der Waals surface area contributed by atoms with Gasteiger partial charge in [0.15, 0.2) is 0 Å². The van der Waals surface area contributed by atoms with Crippen LogP contribution in [0.25, 0.3) is 0 Å². The second kappa shape index (κ2) is 13.2. The van der Waals surface area contributed by atoms with Crippen LogP contribution in [0.1, 0.15) is 26.2 Å². The Morgan fingerprint density at radius 2 is 1.28 bits per heavy atom. The first-order chi connectivity index (χ1) is 15.1. The van der Waals surface area contributed by atoms with E-state index in [1.54, 1.807) is 0 Å². The second-order valence-corrected chi connectivity index (χ2v) is 8.88. The molecular weight excluding hydrogens is 396 g/mol. The number of nitrogens with zero attached hydrogens (tertiary/aromatic N) is 2. The number of hydrogen-bond donors (Lipinski definition) is 4. The number of nitrogen functional groups attached to an aromatic ring is 2. The smallest absolute Gasteiger partial charge is 0.0916 e. The highest BCUT2D eigenvalue weighted by Crippen LogP contribution is 2.17. The van der Waals surface area contributed by atoms with Crippen molar-refractivity contribution in [1.82, 2.24) is 4.90 Å². The van der Waals surface area contributed by atoms with Crippen LogP contribution in [0, 0.1) is 7.43 Å². The first-order valence-corrected chi connectivity index (χ1v) is 11.8. The fourth-order valence-electron chi connectivity index (χ4n) is 4.57. The quantitative estimate of drug-likeness (QED) is 0.173. The largest absolute Gasteiger partial charge is 0.399 e. The number of piperazine rings is 1. The Morgan fingerprint density at radius 3 is 1.78 bits per heavy atom. The Morgan fingerprint density at radius 1 is 0.781 bits per heavy atom. The number of benzene rings is 2. The highest BCUT2D eigenvalue weighted by molar-refractivity contribution is 5.51. The maximum Gasteiger partial charge on any atom is 0.0916 e. The van der Waals surface area contributed by atoms with Gasteiger partial charge in [-0.1, -0.05) is 6.92 Å². The lowest BCUT2D eigenvalue weighted by molar-refractivity contribution is -0.932. The first-order valence-electron chi connectivity index (χ1n) is 11.8. The summed E-state index contributed by atoms with van der Waals surface area (Å²) in [4.78, 5) is 2.64. The summed E-state index contributed by atoms with van der Waals surface area (Å²) in [5.74, 6) is 0. The third-order valence-electron chi connectivity index (χ3n) is 6.42. The summed E-state index contributed by atoms with van der Waals surface area (Å²) in [7, 11) is 0. The predicted octanol–water partition coefficient (Wildman–Crippen LogP) is 4.15. The number of quaternary nitrogens is 1. The fraction of sp³-hybridized carbons (Fsp3) is 0.500. The molecule has 6 nitrogen and oxygen atoms in total. The van der Waals surface area contributed by atoms with Gasteiger partial charge in [-0.15, -0.1) is 0 Å². The van der Waals surface area contributed by atoms with Crippen LogP contribution in [0.3, 0.4) is 0 Å². The normalized spacial score (nSPS) is 15.7. The van der Waals surface area contributed by atoms with E-state index >= 15 is 0 Å². The molecule has 0 bridgehead atoms. The van der Waals surface area contributed by atoms with Crippen LogP contribution < -0.4 is 22.1 Å². The zero-order chi connectivity index (χ0) is 21.9. The summed E-state index contributed by atoms with van der Waals surface area (Å²) in [6, 6.07) is 16.0. The maximum atomic E-state index is 5.77. The molecule has 0 unspecified atom stereocenters. The van der Waals surface area contributed by atoms with Gasteiger partial charge in [0.1, 0.15) is 0 Å². The molecule has 0 amide bonds. The molecule has 0 atom stereocenters. The predicted molar refractivity (Wildman–Crippen MR) is 141 cm³/mol. The van der Waals surface area contributed by atoms with Crippen molar-refractivity contribution in [3.05, 3.63) is 56.0 Å². The van der Waals surface area contributed by atoms with Crippen molar-refractivity contribution in [1.29, 1.82) is 0 Å². The van der Waals surface area contributed by atoms with Gasteiger partial charge in [0.2, 0.25) is 0 Å². The molecule has 1 saturated heterocycles. The van der Waals surface area contributed by atoms with Crippen molar-refractivity contribution < 1.29 is 4.48 Å². The van der Waals surface area contributed by atoms with Crippen LogP contribution in [-0.4, -0.2) is 68.3 Å². The Labute approximate surface area is 195 Å². The minimum Gasteiger partial charge on any atom is -0.399 e. The minimum absolute atomic E-state index is 0. The van der Waals surface area contributed by atoms with E-state index < -0.39 is 0 Å². The standard InChI is InChI=1S/C25H41N6.CH3/c1-2-18-31(19-4-14-29-25-11-7-23(27)8-12-25)20-16-30(17-21-31)15-3-13-28-24-9-5-22(26)6-10-24;/h5-12,28-29H,2-4,13-21,26-27H2,1H3;1H3/q+1;-1. The van der Waals surface area contributed by atoms with Gasteiger partial charge in [-0.2, -0.15) is 0 Å². The van der Waals surface area contributed by atoms with E-state index in [0.717, 1.165) is 35.8 Å². The van der Waals surface area contributed by atoms with E-state index in [0.29, 0.717) is 0 Å². The van der Waals surface area contributed by atoms with Crippen LogP contribution >= 0.6 is 0 Å². The maximum absolute atomic E-state index is 5.77. The molecule has 6 N–H and O–H groups in total. The summed E-state index contributed by atoms with van der Waals surface area (Å²) in [6.45, 7) is 13.1. The zero-order valence-corrected chi connectivity index (χ0v) is 20.2. The summed E-state index contributed by atoms with van der Waals surface area (Å²) < 4.78 is 1.28. The Bertz CT molecular complexity index is 751. The van der Waals surface area contributed by atoms with Crippen molar-refractivity contribution in [2.75, 3.05) is 81.0 Å². The highest BCUT2D eigenvalue weighted by atomic mass is 15.4. The molecule has 32 heavy (non-hydrogen) atoms. The Kier molecular flexibility index (Phi) is 10.6. The summed E-state index contributed by atoms with van der Waals surface area (Å²) in [6.07, 6.45) is 3.64. The Balaban J connectivity index is 0.00000363. The fourth-order valence-corrected chi connectivity index (χ4v) is 4.57. The third kappa shape index (κ3) is 8.24. The molecule has 1 aliphatic rings. The molecule has 2 aromatic rings. The van der Waals surface area contributed by atoms with E-state index in [1.807, 2.05) is 24.3 Å². The molecule has 3 rings (SSSR count). The molecule has 0 spiro atoms. The summed E-state index contributed by atoms with van der Waals surface area (Å²) in [5.41, 5.74) is 15.5. The van der Waals surface area contributed by atoms with E-state index in [2.05, 4.69) is 46.7 Å². The van der Waals surface area contributed by atoms with Crippen molar-refractivity contribution in [3.63, 3.8) is 0 Å². The molecule has 178 valence electrons. The van der Waals surface area contributed by atoms with Gasteiger partial charge in [0, 0.05) is 61.9 Å². The van der Waals surface area contributed by atoms with Crippen molar-refractivity contribution in [2.24, 2.45) is 0 Å². The SMILES string of the molecule is CCC[N+]1(CCCNc2ccc(N)cc2)CCN(CCCNc2ccc(N)cc2)CC1.[CH3-]. The van der Waals surface area contributed by atoms with Crippen LogP contribution in [-0.2, 0) is 0 Å². The van der Waals surface area contributed by atoms with Gasteiger partial charge >= 0.3 is 0 Å². The number of hydrogen-bond acceptors (Lipinski definition) is 5. The number of anilines is 4. The second-order valence-electron chi connectivity index (χ2n) is 8.88. The topological polar surface area (TPSA) is 79.3 Å². The molecule has 0 aliphatic carbocycles. The molecule has 1 heterocycles. The average molecular weight is 441 g/mol. The van der Waals surface area contributed by atoms with Gasteiger partial charge in [0.25, 0.3) is 0 Å². The average Bonchev–Trinajstić information content (AvgIpc) is 2.78. The van der Waals surface area contributed by atoms with Gasteiger partial charge in [-0.3, -0.25) is 4.90 Å². The lowest BCUT2D eigenvalue weighted by Gasteiger charge is -2.45. The van der Waals surface area contributed by atoms with E-state index in [1.165, 1.54) is 69.6 Å². The lowest BCUT2D eigenvalue weighted by Crippen LogP contribution is -2.60. The van der Waals surface area contributed by atoms with Gasteiger partial charge in [0.05, 0.1) is 26.2 Å². The monoisotopic (exact) mass is 440 g/mol. The van der Waals surface area contributed by atoms with Crippen LogP contribution in [0.5, 0.6) is 0 Å². The molecule has 2 aromatic carbocycles. The first kappa shape index (κ1) is 25.8. The van der Waals surface area contributed by atoms with Crippen molar-refractivity contribution in [2.45, 2.75) is 26.2 Å². The van der Waals surface area contributed by atoms with E-state index in [4.69, 9.17) is 11.5 Å². The van der Waals surface area contributed by atoms with Gasteiger partial charge in [-0.05, 0) is 61.4 Å². The molecular formula is C26H44N6. The number of nitrogens with two attached hydrogens (primary N) is 2. The third-order valence-corrected chi connectivity index (χ3v) is 6.42. The van der Waals surface area contributed by atoms with Gasteiger partial charge < -0.3 is 34.0 Å². The van der Waals surface area contributed by atoms with Crippen molar-refractivity contribution >= 4 is 22.7 Å².